The molecule has 0 aromatic carbocycles. The van der Waals surface area contributed by atoms with Crippen LogP contribution in [0.5, 0.6) is 0 Å². The molecule has 1 N–H and O–H groups in total. The zero-order chi connectivity index (χ0) is 7.56. The molecule has 0 fully saturated rings. The highest BCUT2D eigenvalue weighted by Crippen LogP contribution is 1.89. The Kier molecular flexibility index (Phi) is 1.55. The Hall–Kier alpha value is -1.56. The molecule has 0 saturated heterocycles. The van der Waals surface area contributed by atoms with E-state index in [0.29, 0.717) is 11.3 Å². The summed E-state index contributed by atoms with van der Waals surface area (Å²) in [6, 6.07) is 5.04. The molecule has 50 valence electrons. The summed E-state index contributed by atoms with van der Waals surface area (Å²) in [5.41, 5.74) is 0.730. The van der Waals surface area contributed by atoms with Crippen molar-refractivity contribution in [3.63, 3.8) is 0 Å². The first-order valence-electron chi connectivity index (χ1n) is 2.84. The van der Waals surface area contributed by atoms with Crippen LogP contribution < -0.4 is 5.56 Å². The first-order chi connectivity index (χ1) is 4.74. The number of pyridine rings is 1. The van der Waals surface area contributed by atoms with E-state index in [1.54, 1.807) is 19.1 Å². The zero-order valence-corrected chi connectivity index (χ0v) is 5.51. The van der Waals surface area contributed by atoms with Crippen LogP contribution in [0.4, 0.5) is 0 Å². The molecule has 1 rings (SSSR count). The minimum Gasteiger partial charge on any atom is -0.313 e. The van der Waals surface area contributed by atoms with Gasteiger partial charge in [-0.05, 0) is 13.0 Å². The fourth-order valence-corrected chi connectivity index (χ4v) is 0.612. The maximum absolute atomic E-state index is 10.8. The molecule has 0 bridgehead atoms. The number of H-pyrrole nitrogens is 1. The van der Waals surface area contributed by atoms with Gasteiger partial charge in [-0.3, -0.25) is 4.79 Å². The monoisotopic (exact) mass is 134 g/mol. The Morgan fingerprint density at radius 1 is 1.60 bits per heavy atom. The SMILES string of the molecule is Cc1ccc(C#N)[nH]c1=O. The van der Waals surface area contributed by atoms with Gasteiger partial charge >= 0.3 is 0 Å². The van der Waals surface area contributed by atoms with Crippen molar-refractivity contribution in [1.82, 2.24) is 4.98 Å². The van der Waals surface area contributed by atoms with E-state index in [1.165, 1.54) is 0 Å². The lowest BCUT2D eigenvalue weighted by Crippen LogP contribution is -2.09. The van der Waals surface area contributed by atoms with Crippen LogP contribution in [0.15, 0.2) is 16.9 Å². The van der Waals surface area contributed by atoms with Gasteiger partial charge in [-0.15, -0.1) is 0 Å². The van der Waals surface area contributed by atoms with Gasteiger partial charge in [-0.25, -0.2) is 0 Å². The molecule has 0 atom stereocenters. The fourth-order valence-electron chi connectivity index (χ4n) is 0.612. The second kappa shape index (κ2) is 2.36. The number of nitrogens with one attached hydrogen (secondary N) is 1. The van der Waals surface area contributed by atoms with E-state index in [2.05, 4.69) is 4.98 Å². The number of hydrogen-bond acceptors (Lipinski definition) is 2. The maximum Gasteiger partial charge on any atom is 0.251 e. The summed E-state index contributed by atoms with van der Waals surface area (Å²) in [6.45, 7) is 1.69. The van der Waals surface area contributed by atoms with Crippen LogP contribution >= 0.6 is 0 Å². The lowest BCUT2D eigenvalue weighted by Gasteiger charge is -1.88. The maximum atomic E-state index is 10.8. The predicted octanol–water partition coefficient (Wildman–Crippen LogP) is 0.555. The molecule has 0 radical (unpaired) electrons. The normalized spacial score (nSPS) is 8.80. The summed E-state index contributed by atoms with van der Waals surface area (Å²) in [4.78, 5) is 13.2. The average molecular weight is 134 g/mol. The van der Waals surface area contributed by atoms with Gasteiger partial charge in [0, 0.05) is 5.56 Å². The molecule has 3 heteroatoms. The van der Waals surface area contributed by atoms with Crippen molar-refractivity contribution in [2.45, 2.75) is 6.92 Å². The van der Waals surface area contributed by atoms with Crippen LogP contribution in [-0.2, 0) is 0 Å². The Balaban J connectivity index is 3.34. The van der Waals surface area contributed by atoms with Gasteiger partial charge in [0.2, 0.25) is 0 Å². The van der Waals surface area contributed by atoms with Gasteiger partial charge in [0.1, 0.15) is 11.8 Å². The fraction of sp³-hybridized carbons (Fsp3) is 0.143. The Labute approximate surface area is 57.9 Å². The lowest BCUT2D eigenvalue weighted by atomic mass is 10.3. The molecule has 10 heavy (non-hydrogen) atoms. The molecular formula is C7H6N2O. The molecule has 1 aromatic heterocycles. The van der Waals surface area contributed by atoms with Gasteiger partial charge in [0.05, 0.1) is 0 Å². The molecule has 0 aliphatic heterocycles. The molecule has 0 aliphatic rings. The second-order valence-electron chi connectivity index (χ2n) is 2.00. The highest BCUT2D eigenvalue weighted by Gasteiger charge is 1.92. The molecule has 0 spiro atoms. The van der Waals surface area contributed by atoms with Crippen molar-refractivity contribution < 1.29 is 0 Å². The van der Waals surface area contributed by atoms with Crippen LogP contribution in [0.25, 0.3) is 0 Å². The van der Waals surface area contributed by atoms with Crippen LogP contribution in [0.2, 0.25) is 0 Å². The molecule has 0 saturated carbocycles. The quantitative estimate of drug-likeness (QED) is 0.563. The Morgan fingerprint density at radius 3 is 2.80 bits per heavy atom. The van der Waals surface area contributed by atoms with Gasteiger partial charge < -0.3 is 4.98 Å². The summed E-state index contributed by atoms with van der Waals surface area (Å²) >= 11 is 0. The van der Waals surface area contributed by atoms with Gasteiger partial charge in [-0.2, -0.15) is 5.26 Å². The molecule has 1 heterocycles. The summed E-state index contributed by atoms with van der Waals surface area (Å²) in [5.74, 6) is 0. The molecular weight excluding hydrogens is 128 g/mol. The Bertz CT molecular complexity index is 332. The van der Waals surface area contributed by atoms with Crippen molar-refractivity contribution >= 4 is 0 Å². The Morgan fingerprint density at radius 2 is 2.30 bits per heavy atom. The predicted molar refractivity (Wildman–Crippen MR) is 36.5 cm³/mol. The molecule has 0 unspecified atom stereocenters. The highest BCUT2D eigenvalue weighted by atomic mass is 16.1. The van der Waals surface area contributed by atoms with E-state index in [9.17, 15) is 4.79 Å². The van der Waals surface area contributed by atoms with Gasteiger partial charge in [0.25, 0.3) is 5.56 Å². The minimum absolute atomic E-state index is 0.195. The van der Waals surface area contributed by atoms with Crippen LogP contribution in [0.3, 0.4) is 0 Å². The van der Waals surface area contributed by atoms with Crippen molar-refractivity contribution in [2.75, 3.05) is 0 Å². The lowest BCUT2D eigenvalue weighted by molar-refractivity contribution is 1.15. The standard InChI is InChI=1S/C7H6N2O/c1-5-2-3-6(4-8)9-7(5)10/h2-3H,1H3,(H,9,10). The number of aryl methyl sites for hydroxylation is 1. The summed E-state index contributed by atoms with van der Waals surface area (Å²) in [7, 11) is 0. The van der Waals surface area contributed by atoms with E-state index >= 15 is 0 Å². The largest absolute Gasteiger partial charge is 0.313 e. The van der Waals surface area contributed by atoms with Gasteiger partial charge in [-0.1, -0.05) is 6.07 Å². The second-order valence-corrected chi connectivity index (χ2v) is 2.00. The molecule has 0 amide bonds. The van der Waals surface area contributed by atoms with E-state index in [0.717, 1.165) is 0 Å². The number of aromatic nitrogens is 1. The van der Waals surface area contributed by atoms with E-state index < -0.39 is 0 Å². The van der Waals surface area contributed by atoms with Crippen LogP contribution in [-0.4, -0.2) is 4.98 Å². The van der Waals surface area contributed by atoms with E-state index in [4.69, 9.17) is 5.26 Å². The van der Waals surface area contributed by atoms with E-state index in [1.807, 2.05) is 6.07 Å². The van der Waals surface area contributed by atoms with Crippen molar-refractivity contribution in [1.29, 1.82) is 5.26 Å². The topological polar surface area (TPSA) is 56.6 Å². The van der Waals surface area contributed by atoms with Crippen molar-refractivity contribution in [3.8, 4) is 6.07 Å². The smallest absolute Gasteiger partial charge is 0.251 e. The molecule has 1 aromatic rings. The highest BCUT2D eigenvalue weighted by molar-refractivity contribution is 5.22. The number of nitrogens with zero attached hydrogens (tertiary/aromatic N) is 1. The van der Waals surface area contributed by atoms with Crippen molar-refractivity contribution in [3.05, 3.63) is 33.7 Å². The summed E-state index contributed by atoms with van der Waals surface area (Å²) in [6.07, 6.45) is 0. The van der Waals surface area contributed by atoms with Gasteiger partial charge in [0.15, 0.2) is 0 Å². The van der Waals surface area contributed by atoms with Crippen LogP contribution in [0, 0.1) is 18.3 Å². The third-order valence-corrected chi connectivity index (χ3v) is 1.23. The minimum atomic E-state index is -0.195. The number of nitriles is 1. The molecule has 3 nitrogen and oxygen atoms in total. The van der Waals surface area contributed by atoms with Crippen LogP contribution in [0.1, 0.15) is 11.3 Å². The molecule has 0 aliphatic carbocycles. The zero-order valence-electron chi connectivity index (χ0n) is 5.51. The number of aromatic amines is 1. The summed E-state index contributed by atoms with van der Waals surface area (Å²) in [5, 5.41) is 8.33. The third-order valence-electron chi connectivity index (χ3n) is 1.23. The average Bonchev–Trinajstić information content (AvgIpc) is 1.95. The van der Waals surface area contributed by atoms with E-state index in [-0.39, 0.29) is 5.56 Å². The first-order valence-corrected chi connectivity index (χ1v) is 2.84. The van der Waals surface area contributed by atoms with Crippen molar-refractivity contribution in [2.24, 2.45) is 0 Å². The number of hydrogen-bond donors (Lipinski definition) is 1. The summed E-state index contributed by atoms with van der Waals surface area (Å²) < 4.78 is 0. The third kappa shape index (κ3) is 1.06. The number of rotatable bonds is 0. The first kappa shape index (κ1) is 6.56.